The van der Waals surface area contributed by atoms with Crippen molar-refractivity contribution in [3.05, 3.63) is 48.4 Å². The van der Waals surface area contributed by atoms with E-state index in [4.69, 9.17) is 16.6 Å². The molecule has 1 aliphatic rings. The van der Waals surface area contributed by atoms with Crippen LogP contribution in [0.5, 0.6) is 0 Å². The first kappa shape index (κ1) is 14.3. The number of carbonyl (C=O) groups is 2. The number of rotatable bonds is 3. The molecule has 0 saturated carbocycles. The number of furan rings is 1. The van der Waals surface area contributed by atoms with Gasteiger partial charge in [0.05, 0.1) is 12.0 Å². The van der Waals surface area contributed by atoms with Gasteiger partial charge in [-0.05, 0) is 49.5 Å². The monoisotopic (exact) mass is 315 g/mol. The van der Waals surface area contributed by atoms with Crippen molar-refractivity contribution in [2.24, 2.45) is 0 Å². The van der Waals surface area contributed by atoms with E-state index in [0.717, 1.165) is 0 Å². The second-order valence-electron chi connectivity index (χ2n) is 4.83. The van der Waals surface area contributed by atoms with Crippen LogP contribution >= 0.6 is 12.2 Å². The minimum Gasteiger partial charge on any atom is -0.459 e. The van der Waals surface area contributed by atoms with E-state index >= 15 is 0 Å². The van der Waals surface area contributed by atoms with Crippen LogP contribution in [0, 0.1) is 0 Å². The van der Waals surface area contributed by atoms with E-state index in [1.807, 2.05) is 0 Å². The zero-order valence-corrected chi connectivity index (χ0v) is 12.5. The number of benzene rings is 1. The molecule has 0 unspecified atom stereocenters. The van der Waals surface area contributed by atoms with Crippen LogP contribution in [0.2, 0.25) is 0 Å². The van der Waals surface area contributed by atoms with Gasteiger partial charge in [0.1, 0.15) is 6.04 Å². The van der Waals surface area contributed by atoms with E-state index in [2.05, 4.69) is 10.6 Å². The summed E-state index contributed by atoms with van der Waals surface area (Å²) < 4.78 is 5.04. The summed E-state index contributed by atoms with van der Waals surface area (Å²) >= 11 is 5.16. The SMILES string of the molecule is C[C@@H]1NC(=S)N(c2cccc(NC(=O)c3ccco3)c2)C1=O. The van der Waals surface area contributed by atoms with Crippen molar-refractivity contribution in [3.8, 4) is 0 Å². The first-order valence-electron chi connectivity index (χ1n) is 6.65. The van der Waals surface area contributed by atoms with E-state index in [0.29, 0.717) is 16.5 Å². The van der Waals surface area contributed by atoms with Gasteiger partial charge in [-0.25, -0.2) is 0 Å². The number of carbonyl (C=O) groups excluding carboxylic acids is 2. The topological polar surface area (TPSA) is 74.6 Å². The quantitative estimate of drug-likeness (QED) is 0.849. The lowest BCUT2D eigenvalue weighted by molar-refractivity contribution is -0.117. The van der Waals surface area contributed by atoms with Crippen molar-refractivity contribution < 1.29 is 14.0 Å². The Balaban J connectivity index is 1.83. The van der Waals surface area contributed by atoms with Gasteiger partial charge in [-0.15, -0.1) is 0 Å². The molecule has 112 valence electrons. The molecule has 0 bridgehead atoms. The number of nitrogens with one attached hydrogen (secondary N) is 2. The van der Waals surface area contributed by atoms with Crippen molar-refractivity contribution in [1.82, 2.24) is 5.32 Å². The van der Waals surface area contributed by atoms with Crippen LogP contribution < -0.4 is 15.5 Å². The molecule has 1 saturated heterocycles. The molecule has 2 amide bonds. The van der Waals surface area contributed by atoms with Crippen molar-refractivity contribution in [2.45, 2.75) is 13.0 Å². The zero-order chi connectivity index (χ0) is 15.7. The molecule has 2 N–H and O–H groups in total. The average molecular weight is 315 g/mol. The van der Waals surface area contributed by atoms with E-state index in [1.165, 1.54) is 11.2 Å². The van der Waals surface area contributed by atoms with Crippen molar-refractivity contribution in [3.63, 3.8) is 0 Å². The highest BCUT2D eigenvalue weighted by Gasteiger charge is 2.33. The molecular formula is C15H13N3O3S. The van der Waals surface area contributed by atoms with E-state index < -0.39 is 0 Å². The van der Waals surface area contributed by atoms with Crippen molar-refractivity contribution in [1.29, 1.82) is 0 Å². The fourth-order valence-electron chi connectivity index (χ4n) is 2.17. The molecule has 3 rings (SSSR count). The van der Waals surface area contributed by atoms with Gasteiger partial charge in [-0.1, -0.05) is 6.07 Å². The summed E-state index contributed by atoms with van der Waals surface area (Å²) in [4.78, 5) is 25.5. The number of thiocarbonyl (C=S) groups is 1. The summed E-state index contributed by atoms with van der Waals surface area (Å²) in [6.07, 6.45) is 1.43. The molecule has 1 atom stereocenters. The fraction of sp³-hybridized carbons (Fsp3) is 0.133. The van der Waals surface area contributed by atoms with Crippen LogP contribution in [0.3, 0.4) is 0 Å². The Labute approximate surface area is 132 Å². The van der Waals surface area contributed by atoms with E-state index in [-0.39, 0.29) is 23.6 Å². The number of amides is 2. The highest BCUT2D eigenvalue weighted by atomic mass is 32.1. The molecule has 1 aromatic heterocycles. The van der Waals surface area contributed by atoms with Crippen LogP contribution in [-0.4, -0.2) is 23.0 Å². The molecule has 0 aliphatic carbocycles. The largest absolute Gasteiger partial charge is 0.459 e. The molecule has 1 aromatic carbocycles. The smallest absolute Gasteiger partial charge is 0.291 e. The molecular weight excluding hydrogens is 302 g/mol. The lowest BCUT2D eigenvalue weighted by Gasteiger charge is -2.16. The van der Waals surface area contributed by atoms with Crippen LogP contribution in [-0.2, 0) is 4.79 Å². The second-order valence-corrected chi connectivity index (χ2v) is 5.21. The summed E-state index contributed by atoms with van der Waals surface area (Å²) in [5.41, 5.74) is 1.15. The third-order valence-electron chi connectivity index (χ3n) is 3.24. The summed E-state index contributed by atoms with van der Waals surface area (Å²) in [7, 11) is 0. The summed E-state index contributed by atoms with van der Waals surface area (Å²) in [5.74, 6) is -0.267. The Hall–Kier alpha value is -2.67. The lowest BCUT2D eigenvalue weighted by Crippen LogP contribution is -2.30. The van der Waals surface area contributed by atoms with Gasteiger partial charge in [0, 0.05) is 5.69 Å². The number of hydrogen-bond donors (Lipinski definition) is 2. The predicted octanol–water partition coefficient (Wildman–Crippen LogP) is 2.14. The lowest BCUT2D eigenvalue weighted by atomic mass is 10.2. The van der Waals surface area contributed by atoms with Gasteiger partial charge >= 0.3 is 0 Å². The van der Waals surface area contributed by atoms with E-state index in [9.17, 15) is 9.59 Å². The van der Waals surface area contributed by atoms with E-state index in [1.54, 1.807) is 43.3 Å². The van der Waals surface area contributed by atoms with Gasteiger partial charge in [-0.2, -0.15) is 0 Å². The summed E-state index contributed by atoms with van der Waals surface area (Å²) in [6, 6.07) is 9.77. The van der Waals surface area contributed by atoms with Crippen molar-refractivity contribution in [2.75, 3.05) is 10.2 Å². The van der Waals surface area contributed by atoms with Gasteiger partial charge in [-0.3, -0.25) is 14.5 Å². The Morgan fingerprint density at radius 3 is 2.82 bits per heavy atom. The average Bonchev–Trinajstić information content (AvgIpc) is 3.09. The minimum absolute atomic E-state index is 0.125. The van der Waals surface area contributed by atoms with Gasteiger partial charge in [0.2, 0.25) is 0 Å². The standard InChI is InChI=1S/C15H13N3O3S/c1-9-14(20)18(15(22)16-9)11-5-2-4-10(8-11)17-13(19)12-6-3-7-21-12/h2-9H,1H3,(H,16,22)(H,17,19)/t9-/m0/s1. The molecule has 6 nitrogen and oxygen atoms in total. The Kier molecular flexibility index (Phi) is 3.64. The molecule has 1 fully saturated rings. The normalized spacial score (nSPS) is 17.5. The fourth-order valence-corrected chi connectivity index (χ4v) is 2.55. The predicted molar refractivity (Wildman–Crippen MR) is 85.8 cm³/mol. The number of hydrogen-bond acceptors (Lipinski definition) is 4. The first-order chi connectivity index (χ1) is 10.6. The third kappa shape index (κ3) is 2.58. The third-order valence-corrected chi connectivity index (χ3v) is 3.54. The number of anilines is 2. The Morgan fingerprint density at radius 1 is 1.36 bits per heavy atom. The second kappa shape index (κ2) is 5.61. The Morgan fingerprint density at radius 2 is 2.18 bits per heavy atom. The zero-order valence-electron chi connectivity index (χ0n) is 11.7. The molecule has 2 aromatic rings. The van der Waals surface area contributed by atoms with Crippen LogP contribution in [0.4, 0.5) is 11.4 Å². The highest BCUT2D eigenvalue weighted by molar-refractivity contribution is 7.80. The molecule has 2 heterocycles. The Bertz CT molecular complexity index is 742. The summed E-state index contributed by atoms with van der Waals surface area (Å²) in [6.45, 7) is 1.75. The molecule has 1 aliphatic heterocycles. The van der Waals surface area contributed by atoms with Gasteiger partial charge < -0.3 is 15.1 Å². The molecule has 0 spiro atoms. The maximum atomic E-state index is 12.1. The first-order valence-corrected chi connectivity index (χ1v) is 7.06. The number of nitrogens with zero attached hydrogens (tertiary/aromatic N) is 1. The van der Waals surface area contributed by atoms with Crippen molar-refractivity contribution >= 4 is 40.5 Å². The minimum atomic E-state index is -0.357. The molecule has 0 radical (unpaired) electrons. The van der Waals surface area contributed by atoms with Crippen LogP contribution in [0.15, 0.2) is 47.1 Å². The van der Waals surface area contributed by atoms with Gasteiger partial charge in [0.25, 0.3) is 11.8 Å². The highest BCUT2D eigenvalue weighted by Crippen LogP contribution is 2.23. The maximum absolute atomic E-state index is 12.1. The summed E-state index contributed by atoms with van der Waals surface area (Å²) in [5, 5.41) is 5.97. The van der Waals surface area contributed by atoms with Crippen LogP contribution in [0.1, 0.15) is 17.5 Å². The molecule has 22 heavy (non-hydrogen) atoms. The molecule has 7 heteroatoms. The van der Waals surface area contributed by atoms with Crippen LogP contribution in [0.25, 0.3) is 0 Å². The van der Waals surface area contributed by atoms with Gasteiger partial charge in [0.15, 0.2) is 10.9 Å². The maximum Gasteiger partial charge on any atom is 0.291 e.